The Kier molecular flexibility index (Phi) is 33.8. The largest absolute Gasteiger partial charge is 0.469 e. The highest BCUT2D eigenvalue weighted by Gasteiger charge is 2.22. The number of ether oxygens (including phenoxy) is 2. The lowest BCUT2D eigenvalue weighted by Crippen LogP contribution is -2.29. The highest BCUT2D eigenvalue weighted by molar-refractivity contribution is 7.46. The zero-order valence-electron chi connectivity index (χ0n) is 30.6. The quantitative estimate of drug-likeness (QED) is 0.0290. The summed E-state index contributed by atoms with van der Waals surface area (Å²) in [6.07, 6.45) is 40.1. The van der Waals surface area contributed by atoms with Crippen LogP contribution in [0.5, 0.6) is 0 Å². The van der Waals surface area contributed by atoms with Gasteiger partial charge in [-0.2, -0.15) is 0 Å². The van der Waals surface area contributed by atoms with Crippen LogP contribution >= 0.6 is 7.82 Å². The molecule has 0 spiro atoms. The van der Waals surface area contributed by atoms with E-state index in [9.17, 15) is 14.2 Å². The van der Waals surface area contributed by atoms with E-state index in [1.165, 1.54) is 103 Å². The molecule has 0 fully saturated rings. The minimum absolute atomic E-state index is 0.142. The molecule has 0 rings (SSSR count). The van der Waals surface area contributed by atoms with Crippen molar-refractivity contribution in [1.82, 2.24) is 0 Å². The monoisotopic (exact) mass is 698 g/mol. The first-order valence-corrected chi connectivity index (χ1v) is 20.8. The molecule has 1 atom stereocenters. The lowest BCUT2D eigenvalue weighted by Gasteiger charge is -2.18. The zero-order chi connectivity index (χ0) is 35.4. The van der Waals surface area contributed by atoms with Crippen molar-refractivity contribution in [3.8, 4) is 0 Å². The van der Waals surface area contributed by atoms with Gasteiger partial charge in [-0.05, 0) is 44.9 Å². The highest BCUT2D eigenvalue weighted by atomic mass is 31.2. The molecule has 8 nitrogen and oxygen atoms in total. The van der Waals surface area contributed by atoms with E-state index in [0.29, 0.717) is 12.8 Å². The van der Waals surface area contributed by atoms with E-state index in [4.69, 9.17) is 19.3 Å². The molecular weight excluding hydrogens is 627 g/mol. The van der Waals surface area contributed by atoms with Crippen molar-refractivity contribution < 1.29 is 37.9 Å². The van der Waals surface area contributed by atoms with Gasteiger partial charge in [0.05, 0.1) is 6.61 Å². The van der Waals surface area contributed by atoms with Gasteiger partial charge in [-0.25, -0.2) is 4.57 Å². The summed E-state index contributed by atoms with van der Waals surface area (Å²) < 4.78 is 26.3. The number of phosphoric ester groups is 1. The number of unbranched alkanes of at least 4 members (excludes halogenated alkanes) is 19. The smallest absolute Gasteiger partial charge is 0.462 e. The second kappa shape index (κ2) is 35.1. The second-order valence-corrected chi connectivity index (χ2v) is 14.1. The predicted molar refractivity (Wildman–Crippen MR) is 198 cm³/mol. The Morgan fingerprint density at radius 2 is 0.958 bits per heavy atom. The minimum Gasteiger partial charge on any atom is -0.462 e. The molecule has 2 N–H and O–H groups in total. The van der Waals surface area contributed by atoms with Gasteiger partial charge in [0.15, 0.2) is 6.10 Å². The summed E-state index contributed by atoms with van der Waals surface area (Å²) in [6, 6.07) is 0. The van der Waals surface area contributed by atoms with Gasteiger partial charge in [-0.1, -0.05) is 159 Å². The van der Waals surface area contributed by atoms with Crippen molar-refractivity contribution in [2.75, 3.05) is 13.2 Å². The lowest BCUT2D eigenvalue weighted by molar-refractivity contribution is -0.161. The number of carbonyl (C=O) groups excluding carboxylic acids is 2. The average Bonchev–Trinajstić information content (AvgIpc) is 3.05. The van der Waals surface area contributed by atoms with Crippen LogP contribution in [-0.2, 0) is 28.2 Å². The van der Waals surface area contributed by atoms with Crippen molar-refractivity contribution in [2.45, 2.75) is 187 Å². The van der Waals surface area contributed by atoms with Crippen LogP contribution in [0.25, 0.3) is 0 Å². The molecular formula is C39H71O8P. The highest BCUT2D eigenvalue weighted by Crippen LogP contribution is 2.36. The number of carbonyl (C=O) groups is 2. The summed E-state index contributed by atoms with van der Waals surface area (Å²) in [5.41, 5.74) is 0. The molecule has 0 amide bonds. The Labute approximate surface area is 293 Å². The third kappa shape index (κ3) is 37.1. The van der Waals surface area contributed by atoms with Gasteiger partial charge in [0.1, 0.15) is 6.61 Å². The molecule has 0 aliphatic rings. The van der Waals surface area contributed by atoms with E-state index in [2.05, 4.69) is 48.8 Å². The first kappa shape index (κ1) is 46.3. The topological polar surface area (TPSA) is 119 Å². The molecule has 0 aliphatic carbocycles. The first-order chi connectivity index (χ1) is 23.3. The van der Waals surface area contributed by atoms with Crippen LogP contribution in [0.1, 0.15) is 181 Å². The summed E-state index contributed by atoms with van der Waals surface area (Å²) in [5.74, 6) is -0.943. The van der Waals surface area contributed by atoms with Gasteiger partial charge < -0.3 is 19.3 Å². The SMILES string of the molecule is CCCCCCCC/C=C\C/C=C\C/C=C\CCCC(=O)O[C@H](COC(=O)CCCCCCCCCCCCCCC)COP(=O)(O)O. The minimum atomic E-state index is -4.76. The fourth-order valence-electron chi connectivity index (χ4n) is 5.27. The molecule has 0 aromatic carbocycles. The van der Waals surface area contributed by atoms with Crippen molar-refractivity contribution in [1.29, 1.82) is 0 Å². The molecule has 0 saturated heterocycles. The molecule has 0 aromatic rings. The van der Waals surface area contributed by atoms with Gasteiger partial charge in [0, 0.05) is 12.8 Å². The molecule has 0 radical (unpaired) electrons. The Balaban J connectivity index is 4.05. The Morgan fingerprint density at radius 1 is 0.542 bits per heavy atom. The number of phosphoric acid groups is 1. The van der Waals surface area contributed by atoms with Crippen molar-refractivity contribution in [2.24, 2.45) is 0 Å². The van der Waals surface area contributed by atoms with Gasteiger partial charge in [0.25, 0.3) is 0 Å². The zero-order valence-corrected chi connectivity index (χ0v) is 31.5. The fourth-order valence-corrected chi connectivity index (χ4v) is 5.63. The maximum Gasteiger partial charge on any atom is 0.469 e. The first-order valence-electron chi connectivity index (χ1n) is 19.3. The Bertz CT molecular complexity index is 879. The van der Waals surface area contributed by atoms with Crippen LogP contribution in [0.4, 0.5) is 0 Å². The number of rotatable bonds is 35. The van der Waals surface area contributed by atoms with Crippen molar-refractivity contribution in [3.63, 3.8) is 0 Å². The standard InChI is InChI=1S/C39H71O8P/c1-3-5-7-9-11-13-15-17-18-19-20-22-24-26-28-30-32-34-39(41)47-37(36-46-48(42,43)44)35-45-38(40)33-31-29-27-25-23-21-16-14-12-10-8-6-4-2/h17-18,20,22,26,28,37H,3-16,19,21,23-25,27,29-36H2,1-2H3,(H2,42,43,44)/b18-17-,22-20-,28-26-/t37-/m1/s1. The number of allylic oxidation sites excluding steroid dienone is 6. The molecule has 0 saturated carbocycles. The van der Waals surface area contributed by atoms with Crippen LogP contribution < -0.4 is 0 Å². The van der Waals surface area contributed by atoms with E-state index >= 15 is 0 Å². The lowest BCUT2D eigenvalue weighted by atomic mass is 10.0. The molecule has 0 aliphatic heterocycles. The summed E-state index contributed by atoms with van der Waals surface area (Å²) in [7, 11) is -4.76. The second-order valence-electron chi connectivity index (χ2n) is 12.9. The molecule has 9 heteroatoms. The van der Waals surface area contributed by atoms with Crippen LogP contribution in [-0.4, -0.2) is 41.0 Å². The van der Waals surface area contributed by atoms with Gasteiger partial charge in [-0.15, -0.1) is 0 Å². The summed E-state index contributed by atoms with van der Waals surface area (Å²) in [4.78, 5) is 42.7. The third-order valence-corrected chi connectivity index (χ3v) is 8.65. The third-order valence-electron chi connectivity index (χ3n) is 8.16. The normalized spacial score (nSPS) is 12.8. The maximum absolute atomic E-state index is 12.3. The summed E-state index contributed by atoms with van der Waals surface area (Å²) in [6.45, 7) is 3.63. The number of hydrogen-bond acceptors (Lipinski definition) is 6. The summed E-state index contributed by atoms with van der Waals surface area (Å²) >= 11 is 0. The van der Waals surface area contributed by atoms with E-state index in [-0.39, 0.29) is 19.4 Å². The fraction of sp³-hybridized carbons (Fsp3) is 0.795. The Hall–Kier alpha value is -1.73. The van der Waals surface area contributed by atoms with E-state index in [0.717, 1.165) is 38.5 Å². The van der Waals surface area contributed by atoms with Crippen molar-refractivity contribution >= 4 is 19.8 Å². The van der Waals surface area contributed by atoms with Gasteiger partial charge in [-0.3, -0.25) is 14.1 Å². The molecule has 0 aromatic heterocycles. The molecule has 48 heavy (non-hydrogen) atoms. The average molecular weight is 699 g/mol. The van der Waals surface area contributed by atoms with Gasteiger partial charge in [0.2, 0.25) is 0 Å². The molecule has 0 heterocycles. The molecule has 0 bridgehead atoms. The van der Waals surface area contributed by atoms with Gasteiger partial charge >= 0.3 is 19.8 Å². The predicted octanol–water partition coefficient (Wildman–Crippen LogP) is 11.4. The Morgan fingerprint density at radius 3 is 1.46 bits per heavy atom. The number of esters is 2. The van der Waals surface area contributed by atoms with Crippen LogP contribution in [0, 0.1) is 0 Å². The maximum atomic E-state index is 12.3. The molecule has 280 valence electrons. The number of hydrogen-bond donors (Lipinski definition) is 2. The van der Waals surface area contributed by atoms with Crippen LogP contribution in [0.3, 0.4) is 0 Å². The van der Waals surface area contributed by atoms with Crippen LogP contribution in [0.2, 0.25) is 0 Å². The summed E-state index contributed by atoms with van der Waals surface area (Å²) in [5, 5.41) is 0. The van der Waals surface area contributed by atoms with Crippen LogP contribution in [0.15, 0.2) is 36.5 Å². The van der Waals surface area contributed by atoms with Crippen molar-refractivity contribution in [3.05, 3.63) is 36.5 Å². The van der Waals surface area contributed by atoms with E-state index < -0.39 is 32.5 Å². The van der Waals surface area contributed by atoms with E-state index in [1.807, 2.05) is 6.08 Å². The molecule has 0 unspecified atom stereocenters. The van der Waals surface area contributed by atoms with E-state index in [1.54, 1.807) is 0 Å².